The van der Waals surface area contributed by atoms with E-state index in [1.54, 1.807) is 7.11 Å². The zero-order chi connectivity index (χ0) is 16.2. The summed E-state index contributed by atoms with van der Waals surface area (Å²) < 4.78 is 19.5. The quantitative estimate of drug-likeness (QED) is 0.755. The largest absolute Gasteiger partial charge is 0.387 e. The van der Waals surface area contributed by atoms with Gasteiger partial charge >= 0.3 is 0 Å². The molecule has 0 saturated carbocycles. The average molecular weight is 385 g/mol. The summed E-state index contributed by atoms with van der Waals surface area (Å²) in [6, 6.07) is 1.83. The SMILES string of the molecule is COC[C@]12CCOC(C1O)[C@H](n1ccc3c(N)nc(Br)nc31)O2. The first-order chi connectivity index (χ1) is 11.1. The molecular formula is C14H17BrN4O4. The molecule has 2 saturated heterocycles. The van der Waals surface area contributed by atoms with Gasteiger partial charge in [-0.2, -0.15) is 0 Å². The standard InChI is InChI=1S/C14H17BrN4O4/c1-21-6-14-3-5-22-8(9(14)20)12(23-14)19-4-2-7-10(16)17-13(15)18-11(7)19/h2,4,8-9,12,20H,3,5-6H2,1H3,(H2,16,17,18)/t8?,9?,12-,14-/m1/s1. The van der Waals surface area contributed by atoms with Gasteiger partial charge in [0.25, 0.3) is 0 Å². The molecule has 4 rings (SSSR count). The van der Waals surface area contributed by atoms with Crippen molar-refractivity contribution in [2.45, 2.75) is 30.5 Å². The van der Waals surface area contributed by atoms with Crippen LogP contribution in [0.5, 0.6) is 0 Å². The summed E-state index contributed by atoms with van der Waals surface area (Å²) in [5.41, 5.74) is 5.82. The highest BCUT2D eigenvalue weighted by atomic mass is 79.9. The second-order valence-corrected chi connectivity index (χ2v) is 6.58. The zero-order valence-electron chi connectivity index (χ0n) is 12.5. The van der Waals surface area contributed by atoms with Crippen molar-refractivity contribution in [1.29, 1.82) is 0 Å². The molecule has 2 unspecified atom stereocenters. The minimum absolute atomic E-state index is 0.310. The molecule has 0 aliphatic carbocycles. The van der Waals surface area contributed by atoms with E-state index in [0.717, 1.165) is 5.39 Å². The zero-order valence-corrected chi connectivity index (χ0v) is 14.1. The lowest BCUT2D eigenvalue weighted by atomic mass is 9.90. The Kier molecular flexibility index (Phi) is 3.58. The smallest absolute Gasteiger partial charge is 0.200 e. The molecule has 8 nitrogen and oxygen atoms in total. The van der Waals surface area contributed by atoms with Crippen molar-refractivity contribution in [2.24, 2.45) is 0 Å². The van der Waals surface area contributed by atoms with Gasteiger partial charge in [0, 0.05) is 19.7 Å². The van der Waals surface area contributed by atoms with Gasteiger partial charge in [-0.1, -0.05) is 0 Å². The van der Waals surface area contributed by atoms with Crippen LogP contribution >= 0.6 is 15.9 Å². The number of nitrogen functional groups attached to an aromatic ring is 1. The van der Waals surface area contributed by atoms with Gasteiger partial charge < -0.3 is 29.6 Å². The van der Waals surface area contributed by atoms with E-state index < -0.39 is 24.0 Å². The number of fused-ring (bicyclic) bond motifs is 3. The lowest BCUT2D eigenvalue weighted by Gasteiger charge is -2.34. The normalized spacial score (nSPS) is 33.4. The maximum absolute atomic E-state index is 10.6. The van der Waals surface area contributed by atoms with E-state index in [1.165, 1.54) is 0 Å². The van der Waals surface area contributed by atoms with Crippen LogP contribution in [0.3, 0.4) is 0 Å². The van der Waals surface area contributed by atoms with Crippen LogP contribution in [-0.4, -0.2) is 57.8 Å². The fraction of sp³-hybridized carbons (Fsp3) is 0.571. The van der Waals surface area contributed by atoms with Gasteiger partial charge in [0.15, 0.2) is 6.23 Å². The van der Waals surface area contributed by atoms with Crippen LogP contribution in [-0.2, 0) is 14.2 Å². The van der Waals surface area contributed by atoms with Crippen molar-refractivity contribution in [2.75, 3.05) is 26.1 Å². The first-order valence-corrected chi connectivity index (χ1v) is 8.11. The van der Waals surface area contributed by atoms with Crippen LogP contribution in [0.15, 0.2) is 17.0 Å². The fourth-order valence-corrected chi connectivity index (χ4v) is 3.82. The van der Waals surface area contributed by atoms with Crippen LogP contribution in [0.2, 0.25) is 0 Å². The number of rotatable bonds is 3. The summed E-state index contributed by atoms with van der Waals surface area (Å²) in [6.07, 6.45) is 0.658. The molecule has 2 aromatic heterocycles. The number of aliphatic hydroxyl groups excluding tert-OH is 1. The minimum atomic E-state index is -0.763. The Hall–Kier alpha value is -1.26. The summed E-state index contributed by atoms with van der Waals surface area (Å²) in [4.78, 5) is 8.48. The van der Waals surface area contributed by atoms with E-state index in [4.69, 9.17) is 19.9 Å². The molecule has 4 heterocycles. The van der Waals surface area contributed by atoms with Gasteiger partial charge in [0.2, 0.25) is 4.73 Å². The molecule has 2 aromatic rings. The molecule has 23 heavy (non-hydrogen) atoms. The minimum Gasteiger partial charge on any atom is -0.387 e. The average Bonchev–Trinajstić information content (AvgIpc) is 2.95. The van der Waals surface area contributed by atoms with Crippen molar-refractivity contribution in [3.05, 3.63) is 17.0 Å². The topological polar surface area (TPSA) is 105 Å². The molecule has 2 fully saturated rings. The Bertz CT molecular complexity index is 750. The van der Waals surface area contributed by atoms with E-state index in [-0.39, 0.29) is 0 Å². The van der Waals surface area contributed by atoms with Crippen LogP contribution in [0.1, 0.15) is 12.6 Å². The lowest BCUT2D eigenvalue weighted by molar-refractivity contribution is -0.149. The van der Waals surface area contributed by atoms with Gasteiger partial charge in [0.05, 0.1) is 18.6 Å². The number of methoxy groups -OCH3 is 1. The molecule has 4 atom stereocenters. The highest BCUT2D eigenvalue weighted by molar-refractivity contribution is 9.10. The van der Waals surface area contributed by atoms with Gasteiger partial charge in [-0.3, -0.25) is 0 Å². The number of nitrogens with two attached hydrogens (primary N) is 1. The maximum atomic E-state index is 10.6. The molecule has 0 spiro atoms. The molecule has 2 aliphatic heterocycles. The third-order valence-electron chi connectivity index (χ3n) is 4.56. The summed E-state index contributed by atoms with van der Waals surface area (Å²) >= 11 is 3.26. The number of nitrogens with zero attached hydrogens (tertiary/aromatic N) is 3. The summed E-state index contributed by atoms with van der Waals surface area (Å²) in [7, 11) is 1.60. The third kappa shape index (κ3) is 2.18. The lowest BCUT2D eigenvalue weighted by Crippen LogP contribution is -2.51. The molecule has 124 valence electrons. The van der Waals surface area contributed by atoms with Crippen LogP contribution in [0.4, 0.5) is 5.82 Å². The predicted molar refractivity (Wildman–Crippen MR) is 84.7 cm³/mol. The van der Waals surface area contributed by atoms with Crippen molar-refractivity contribution < 1.29 is 19.3 Å². The van der Waals surface area contributed by atoms with E-state index in [1.807, 2.05) is 16.8 Å². The molecule has 2 bridgehead atoms. The Morgan fingerprint density at radius 3 is 3.17 bits per heavy atom. The summed E-state index contributed by atoms with van der Waals surface area (Å²) in [5.74, 6) is 0.384. The number of ether oxygens (including phenoxy) is 3. The van der Waals surface area contributed by atoms with Crippen LogP contribution in [0.25, 0.3) is 11.0 Å². The second kappa shape index (κ2) is 5.38. The van der Waals surface area contributed by atoms with E-state index in [9.17, 15) is 5.11 Å². The number of halogens is 1. The molecule has 2 aliphatic rings. The summed E-state index contributed by atoms with van der Waals surface area (Å²) in [5, 5.41) is 11.4. The monoisotopic (exact) mass is 384 g/mol. The van der Waals surface area contributed by atoms with E-state index >= 15 is 0 Å². The Balaban J connectivity index is 1.80. The van der Waals surface area contributed by atoms with Crippen molar-refractivity contribution >= 4 is 32.8 Å². The number of anilines is 1. The first-order valence-electron chi connectivity index (χ1n) is 7.32. The van der Waals surface area contributed by atoms with Gasteiger partial charge in [-0.05, 0) is 22.0 Å². The molecule has 0 amide bonds. The van der Waals surface area contributed by atoms with Crippen molar-refractivity contribution in [3.63, 3.8) is 0 Å². The Morgan fingerprint density at radius 2 is 2.39 bits per heavy atom. The van der Waals surface area contributed by atoms with Crippen molar-refractivity contribution in [1.82, 2.24) is 14.5 Å². The van der Waals surface area contributed by atoms with Crippen LogP contribution < -0.4 is 5.73 Å². The van der Waals surface area contributed by atoms with Gasteiger partial charge in [-0.25, -0.2) is 9.97 Å². The van der Waals surface area contributed by atoms with Gasteiger partial charge in [0.1, 0.15) is 29.3 Å². The number of aliphatic hydroxyl groups is 1. The fourth-order valence-electron chi connectivity index (χ4n) is 3.47. The third-order valence-corrected chi connectivity index (χ3v) is 4.91. The number of hydrogen-bond donors (Lipinski definition) is 2. The maximum Gasteiger partial charge on any atom is 0.200 e. The second-order valence-electron chi connectivity index (χ2n) is 5.87. The molecule has 3 N–H and O–H groups in total. The molecule has 0 radical (unpaired) electrons. The number of hydrogen-bond acceptors (Lipinski definition) is 7. The Morgan fingerprint density at radius 1 is 1.57 bits per heavy atom. The Labute approximate surface area is 140 Å². The molecule has 9 heteroatoms. The predicted octanol–water partition coefficient (Wildman–Crippen LogP) is 0.840. The van der Waals surface area contributed by atoms with E-state index in [0.29, 0.717) is 35.8 Å². The number of aromatic nitrogens is 3. The highest BCUT2D eigenvalue weighted by Crippen LogP contribution is 2.45. The molecule has 0 aromatic carbocycles. The first kappa shape index (κ1) is 15.3. The van der Waals surface area contributed by atoms with Crippen LogP contribution in [0, 0.1) is 0 Å². The van der Waals surface area contributed by atoms with Crippen molar-refractivity contribution in [3.8, 4) is 0 Å². The summed E-state index contributed by atoms with van der Waals surface area (Å²) in [6.45, 7) is 0.826. The molecular weight excluding hydrogens is 368 g/mol. The van der Waals surface area contributed by atoms with Gasteiger partial charge in [-0.15, -0.1) is 0 Å². The highest BCUT2D eigenvalue weighted by Gasteiger charge is 2.58. The van der Waals surface area contributed by atoms with E-state index in [2.05, 4.69) is 25.9 Å².